The van der Waals surface area contributed by atoms with Crippen LogP contribution in [0.15, 0.2) is 18.2 Å². The minimum Gasteiger partial charge on any atom is -0.481 e. The zero-order valence-corrected chi connectivity index (χ0v) is 12.0. The maximum Gasteiger partial charge on any atom is 0.305 e. The first-order chi connectivity index (χ1) is 10.1. The summed E-state index contributed by atoms with van der Waals surface area (Å²) in [5, 5.41) is 11.7. The van der Waals surface area contributed by atoms with Crippen LogP contribution in [0.25, 0.3) is 0 Å². The lowest BCUT2D eigenvalue weighted by atomic mass is 10.0. The van der Waals surface area contributed by atoms with E-state index in [0.717, 1.165) is 12.8 Å². The fourth-order valence-electron chi connectivity index (χ4n) is 3.30. The Kier molecular flexibility index (Phi) is 3.92. The zero-order chi connectivity index (χ0) is 14.8. The van der Waals surface area contributed by atoms with Crippen LogP contribution in [0.4, 0.5) is 0 Å². The number of hydrogen-bond acceptors (Lipinski definition) is 3. The average molecular weight is 288 g/mol. The van der Waals surface area contributed by atoms with Gasteiger partial charge >= 0.3 is 5.97 Å². The van der Waals surface area contributed by atoms with Crippen LogP contribution in [-0.4, -0.2) is 41.0 Å². The first-order valence-corrected chi connectivity index (χ1v) is 7.48. The third-order valence-corrected chi connectivity index (χ3v) is 4.36. The summed E-state index contributed by atoms with van der Waals surface area (Å²) in [6.45, 7) is 1.92. The fraction of sp³-hybridized carbons (Fsp3) is 0.500. The second kappa shape index (κ2) is 5.85. The highest BCUT2D eigenvalue weighted by Crippen LogP contribution is 2.24. The Morgan fingerprint density at radius 2 is 2.14 bits per heavy atom. The van der Waals surface area contributed by atoms with E-state index < -0.39 is 12.0 Å². The smallest absolute Gasteiger partial charge is 0.305 e. The Labute approximate surface area is 123 Å². The molecule has 0 aromatic heterocycles. The molecule has 0 spiro atoms. The third kappa shape index (κ3) is 3.08. The molecule has 3 rings (SSSR count). The van der Waals surface area contributed by atoms with Gasteiger partial charge in [0.1, 0.15) is 6.04 Å². The summed E-state index contributed by atoms with van der Waals surface area (Å²) in [6, 6.07) is 5.93. The minimum absolute atomic E-state index is 0.142. The summed E-state index contributed by atoms with van der Waals surface area (Å²) >= 11 is 0. The molecule has 1 aliphatic carbocycles. The molecule has 112 valence electrons. The summed E-state index contributed by atoms with van der Waals surface area (Å²) in [6.07, 6.45) is 3.36. The molecule has 0 radical (unpaired) electrons. The van der Waals surface area contributed by atoms with E-state index in [1.807, 2.05) is 4.90 Å². The molecule has 2 aliphatic rings. The predicted octanol–water partition coefficient (Wildman–Crippen LogP) is 0.950. The van der Waals surface area contributed by atoms with Crippen LogP contribution in [0.5, 0.6) is 0 Å². The van der Waals surface area contributed by atoms with Crippen molar-refractivity contribution in [3.63, 3.8) is 0 Å². The van der Waals surface area contributed by atoms with Crippen molar-refractivity contribution in [2.45, 2.75) is 38.3 Å². The number of amides is 1. The van der Waals surface area contributed by atoms with Crippen molar-refractivity contribution in [3.8, 4) is 0 Å². The van der Waals surface area contributed by atoms with Crippen LogP contribution in [0.1, 0.15) is 29.5 Å². The Morgan fingerprint density at radius 1 is 1.33 bits per heavy atom. The highest BCUT2D eigenvalue weighted by Gasteiger charge is 2.31. The number of nitrogens with zero attached hydrogens (tertiary/aromatic N) is 1. The van der Waals surface area contributed by atoms with Crippen LogP contribution in [0.3, 0.4) is 0 Å². The molecule has 21 heavy (non-hydrogen) atoms. The number of carboxylic acids is 1. The number of piperazine rings is 1. The van der Waals surface area contributed by atoms with Gasteiger partial charge in [0, 0.05) is 19.6 Å². The molecule has 0 bridgehead atoms. The van der Waals surface area contributed by atoms with Gasteiger partial charge in [-0.1, -0.05) is 18.2 Å². The van der Waals surface area contributed by atoms with E-state index >= 15 is 0 Å². The summed E-state index contributed by atoms with van der Waals surface area (Å²) in [5.74, 6) is -1.11. The maximum atomic E-state index is 11.9. The van der Waals surface area contributed by atoms with E-state index in [-0.39, 0.29) is 12.3 Å². The molecule has 1 heterocycles. The SMILES string of the molecule is O=C(O)CC1C(=O)NCCN1Cc1ccc2c(c1)CCC2. The first-order valence-electron chi connectivity index (χ1n) is 7.48. The lowest BCUT2D eigenvalue weighted by Gasteiger charge is -2.34. The molecule has 0 saturated carbocycles. The van der Waals surface area contributed by atoms with Gasteiger partial charge in [0.05, 0.1) is 6.42 Å². The molecule has 5 nitrogen and oxygen atoms in total. The van der Waals surface area contributed by atoms with Crippen molar-refractivity contribution in [3.05, 3.63) is 34.9 Å². The number of rotatable bonds is 4. The molecular weight excluding hydrogens is 268 g/mol. The largest absolute Gasteiger partial charge is 0.481 e. The highest BCUT2D eigenvalue weighted by molar-refractivity contribution is 5.86. The molecule has 1 aliphatic heterocycles. The summed E-state index contributed by atoms with van der Waals surface area (Å²) in [7, 11) is 0. The van der Waals surface area contributed by atoms with Crippen molar-refractivity contribution >= 4 is 11.9 Å². The van der Waals surface area contributed by atoms with E-state index in [2.05, 4.69) is 23.5 Å². The lowest BCUT2D eigenvalue weighted by Crippen LogP contribution is -2.55. The average Bonchev–Trinajstić information content (AvgIpc) is 2.90. The van der Waals surface area contributed by atoms with Crippen molar-refractivity contribution in [2.24, 2.45) is 0 Å². The molecule has 1 amide bonds. The lowest BCUT2D eigenvalue weighted by molar-refractivity contribution is -0.143. The van der Waals surface area contributed by atoms with Gasteiger partial charge in [0.2, 0.25) is 5.91 Å². The predicted molar refractivity (Wildman–Crippen MR) is 77.9 cm³/mol. The number of nitrogens with one attached hydrogen (secondary N) is 1. The number of fused-ring (bicyclic) bond motifs is 1. The number of carbonyl (C=O) groups is 2. The van der Waals surface area contributed by atoms with E-state index in [1.165, 1.54) is 23.1 Å². The van der Waals surface area contributed by atoms with Crippen LogP contribution in [-0.2, 0) is 29.0 Å². The monoisotopic (exact) mass is 288 g/mol. The van der Waals surface area contributed by atoms with E-state index in [4.69, 9.17) is 5.11 Å². The number of benzene rings is 1. The van der Waals surface area contributed by atoms with Crippen molar-refractivity contribution in [1.29, 1.82) is 0 Å². The standard InChI is InChI=1S/C16H20N2O3/c19-15(20)9-14-16(21)17-6-7-18(14)10-11-4-5-12-2-1-3-13(12)8-11/h4-5,8,14H,1-3,6-7,9-10H2,(H,17,21)(H,19,20). The van der Waals surface area contributed by atoms with Gasteiger partial charge in [0.15, 0.2) is 0 Å². The third-order valence-electron chi connectivity index (χ3n) is 4.36. The molecular formula is C16H20N2O3. The fourth-order valence-corrected chi connectivity index (χ4v) is 3.30. The second-order valence-corrected chi connectivity index (χ2v) is 5.83. The number of aliphatic carboxylic acids is 1. The molecule has 1 saturated heterocycles. The number of carbonyl (C=O) groups excluding carboxylic acids is 1. The molecule has 5 heteroatoms. The van der Waals surface area contributed by atoms with Gasteiger partial charge in [-0.25, -0.2) is 0 Å². The quantitative estimate of drug-likeness (QED) is 0.865. The minimum atomic E-state index is -0.934. The Hall–Kier alpha value is -1.88. The summed E-state index contributed by atoms with van der Waals surface area (Å²) < 4.78 is 0. The highest BCUT2D eigenvalue weighted by atomic mass is 16.4. The topological polar surface area (TPSA) is 69.6 Å². The van der Waals surface area contributed by atoms with E-state index in [1.54, 1.807) is 0 Å². The van der Waals surface area contributed by atoms with E-state index in [9.17, 15) is 9.59 Å². The first kappa shape index (κ1) is 14.1. The number of aryl methyl sites for hydroxylation is 2. The van der Waals surface area contributed by atoms with Gasteiger partial charge in [-0.05, 0) is 36.0 Å². The van der Waals surface area contributed by atoms with Gasteiger partial charge in [-0.3, -0.25) is 14.5 Å². The van der Waals surface area contributed by atoms with Gasteiger partial charge in [-0.2, -0.15) is 0 Å². The van der Waals surface area contributed by atoms with Gasteiger partial charge < -0.3 is 10.4 Å². The Balaban J connectivity index is 1.75. The normalized spacial score (nSPS) is 21.9. The van der Waals surface area contributed by atoms with Crippen LogP contribution >= 0.6 is 0 Å². The Morgan fingerprint density at radius 3 is 2.95 bits per heavy atom. The molecule has 1 atom stereocenters. The molecule has 1 unspecified atom stereocenters. The Bertz CT molecular complexity index is 571. The second-order valence-electron chi connectivity index (χ2n) is 5.83. The van der Waals surface area contributed by atoms with Crippen LogP contribution in [0.2, 0.25) is 0 Å². The molecule has 1 aromatic rings. The number of hydrogen-bond donors (Lipinski definition) is 2. The summed E-state index contributed by atoms with van der Waals surface area (Å²) in [4.78, 5) is 24.8. The maximum absolute atomic E-state index is 11.9. The molecule has 1 fully saturated rings. The van der Waals surface area contributed by atoms with E-state index in [0.29, 0.717) is 19.6 Å². The molecule has 2 N–H and O–H groups in total. The van der Waals surface area contributed by atoms with Crippen LogP contribution in [0, 0.1) is 0 Å². The van der Waals surface area contributed by atoms with Crippen molar-refractivity contribution < 1.29 is 14.7 Å². The van der Waals surface area contributed by atoms with Crippen LogP contribution < -0.4 is 5.32 Å². The van der Waals surface area contributed by atoms with Crippen molar-refractivity contribution in [2.75, 3.05) is 13.1 Å². The summed E-state index contributed by atoms with van der Waals surface area (Å²) in [5.41, 5.74) is 4.00. The number of carboxylic acid groups (broad SMARTS) is 1. The van der Waals surface area contributed by atoms with Gasteiger partial charge in [0.25, 0.3) is 0 Å². The van der Waals surface area contributed by atoms with Gasteiger partial charge in [-0.15, -0.1) is 0 Å². The molecule has 1 aromatic carbocycles. The van der Waals surface area contributed by atoms with Crippen molar-refractivity contribution in [1.82, 2.24) is 10.2 Å². The zero-order valence-electron chi connectivity index (χ0n) is 12.0.